The van der Waals surface area contributed by atoms with E-state index in [0.717, 1.165) is 22.2 Å². The van der Waals surface area contributed by atoms with Gasteiger partial charge in [-0.25, -0.2) is 4.39 Å². The number of furan rings is 1. The summed E-state index contributed by atoms with van der Waals surface area (Å²) in [4.78, 5) is 18.0. The van der Waals surface area contributed by atoms with Gasteiger partial charge in [0, 0.05) is 41.5 Å². The summed E-state index contributed by atoms with van der Waals surface area (Å²) in [5.41, 5.74) is 3.96. The van der Waals surface area contributed by atoms with Gasteiger partial charge in [0.25, 0.3) is 0 Å². The second-order valence-corrected chi connectivity index (χ2v) is 6.88. The van der Waals surface area contributed by atoms with Crippen LogP contribution in [0, 0.1) is 5.82 Å². The van der Waals surface area contributed by atoms with Crippen LogP contribution in [-0.4, -0.2) is 32.1 Å². The maximum atomic E-state index is 15.0. The number of halogens is 1. The van der Waals surface area contributed by atoms with Crippen LogP contribution in [0.2, 0.25) is 0 Å². The molecule has 0 saturated heterocycles. The SMILES string of the molecule is C=CC(=O)N1CCn2nc(-c3cc4ccoc4cc3F)c(-c3ccncc3)c2C1. The monoisotopic (exact) mass is 388 g/mol. The van der Waals surface area contributed by atoms with Gasteiger partial charge in [0.1, 0.15) is 17.1 Å². The zero-order valence-electron chi connectivity index (χ0n) is 15.5. The number of nitrogens with zero attached hydrogens (tertiary/aromatic N) is 4. The number of rotatable bonds is 3. The fraction of sp³-hybridized carbons (Fsp3) is 0.136. The molecule has 0 fully saturated rings. The minimum atomic E-state index is -0.405. The van der Waals surface area contributed by atoms with Crippen molar-refractivity contribution >= 4 is 16.9 Å². The molecule has 144 valence electrons. The minimum absolute atomic E-state index is 0.134. The molecule has 1 amide bonds. The van der Waals surface area contributed by atoms with Gasteiger partial charge >= 0.3 is 0 Å². The summed E-state index contributed by atoms with van der Waals surface area (Å²) < 4.78 is 22.2. The molecule has 1 aliphatic rings. The molecular weight excluding hydrogens is 371 g/mol. The molecule has 3 aromatic heterocycles. The summed E-state index contributed by atoms with van der Waals surface area (Å²) in [7, 11) is 0. The van der Waals surface area contributed by atoms with Gasteiger partial charge in [0.05, 0.1) is 25.0 Å². The standard InChI is InChI=1S/C22H17FN4O2/c1-2-20(28)26-8-9-27-18(13-26)21(14-3-6-24-7-4-14)22(25-27)16-11-15-5-10-29-19(15)12-17(16)23/h2-7,10-12H,1,8-9,13H2. The van der Waals surface area contributed by atoms with E-state index in [1.807, 2.05) is 16.8 Å². The Morgan fingerprint density at radius 2 is 2.03 bits per heavy atom. The van der Waals surface area contributed by atoms with Gasteiger partial charge in [0.15, 0.2) is 0 Å². The first-order chi connectivity index (χ1) is 14.2. The van der Waals surface area contributed by atoms with Crippen molar-refractivity contribution in [3.05, 3.63) is 73.2 Å². The second kappa shape index (κ2) is 6.70. The van der Waals surface area contributed by atoms with Crippen molar-refractivity contribution in [3.8, 4) is 22.4 Å². The van der Waals surface area contributed by atoms with E-state index in [9.17, 15) is 4.79 Å². The van der Waals surface area contributed by atoms with Crippen LogP contribution in [-0.2, 0) is 17.9 Å². The van der Waals surface area contributed by atoms with Crippen LogP contribution < -0.4 is 0 Å². The van der Waals surface area contributed by atoms with Crippen LogP contribution in [0.1, 0.15) is 5.69 Å². The third-order valence-electron chi connectivity index (χ3n) is 5.23. The lowest BCUT2D eigenvalue weighted by Gasteiger charge is -2.27. The second-order valence-electron chi connectivity index (χ2n) is 6.88. The number of hydrogen-bond acceptors (Lipinski definition) is 4. The predicted octanol–water partition coefficient (Wildman–Crippen LogP) is 4.03. The molecule has 5 rings (SSSR count). The van der Waals surface area contributed by atoms with Crippen molar-refractivity contribution in [2.75, 3.05) is 6.54 Å². The number of amides is 1. The van der Waals surface area contributed by atoms with Gasteiger partial charge in [-0.2, -0.15) is 5.10 Å². The Labute approximate surface area is 165 Å². The molecule has 0 unspecified atom stereocenters. The average Bonchev–Trinajstić information content (AvgIpc) is 3.36. The quantitative estimate of drug-likeness (QED) is 0.497. The Balaban J connectivity index is 1.74. The summed E-state index contributed by atoms with van der Waals surface area (Å²) in [6.07, 6.45) is 6.22. The molecule has 0 atom stereocenters. The van der Waals surface area contributed by atoms with Crippen molar-refractivity contribution in [2.45, 2.75) is 13.1 Å². The van der Waals surface area contributed by atoms with Crippen LogP contribution in [0.3, 0.4) is 0 Å². The predicted molar refractivity (Wildman–Crippen MR) is 106 cm³/mol. The van der Waals surface area contributed by atoms with E-state index in [0.29, 0.717) is 36.5 Å². The highest BCUT2D eigenvalue weighted by molar-refractivity contribution is 5.90. The molecule has 0 aliphatic carbocycles. The molecule has 0 spiro atoms. The maximum Gasteiger partial charge on any atom is 0.246 e. The topological polar surface area (TPSA) is 64.2 Å². The first kappa shape index (κ1) is 17.4. The number of aromatic nitrogens is 3. The Morgan fingerprint density at radius 3 is 2.83 bits per heavy atom. The van der Waals surface area contributed by atoms with Gasteiger partial charge in [-0.05, 0) is 35.9 Å². The van der Waals surface area contributed by atoms with Gasteiger partial charge in [-0.3, -0.25) is 14.5 Å². The summed E-state index contributed by atoms with van der Waals surface area (Å²) >= 11 is 0. The van der Waals surface area contributed by atoms with Gasteiger partial charge < -0.3 is 9.32 Å². The van der Waals surface area contributed by atoms with Gasteiger partial charge in [0.2, 0.25) is 5.91 Å². The molecule has 6 nitrogen and oxygen atoms in total. The summed E-state index contributed by atoms with van der Waals surface area (Å²) in [6.45, 7) is 5.02. The van der Waals surface area contributed by atoms with E-state index in [4.69, 9.17) is 9.52 Å². The maximum absolute atomic E-state index is 15.0. The zero-order chi connectivity index (χ0) is 20.0. The molecule has 1 aliphatic heterocycles. The molecule has 0 radical (unpaired) electrons. The number of fused-ring (bicyclic) bond motifs is 2. The Morgan fingerprint density at radius 1 is 1.21 bits per heavy atom. The van der Waals surface area contributed by atoms with E-state index in [2.05, 4.69) is 11.6 Å². The van der Waals surface area contributed by atoms with Crippen molar-refractivity contribution in [2.24, 2.45) is 0 Å². The Bertz CT molecular complexity index is 1240. The van der Waals surface area contributed by atoms with Crippen LogP contribution in [0.4, 0.5) is 4.39 Å². The summed E-state index contributed by atoms with van der Waals surface area (Å²) in [6, 6.07) is 8.66. The smallest absolute Gasteiger partial charge is 0.246 e. The molecular formula is C22H17FN4O2. The zero-order valence-corrected chi connectivity index (χ0v) is 15.5. The first-order valence-corrected chi connectivity index (χ1v) is 9.24. The lowest BCUT2D eigenvalue weighted by molar-refractivity contribution is -0.127. The van der Waals surface area contributed by atoms with E-state index in [-0.39, 0.29) is 5.91 Å². The van der Waals surface area contributed by atoms with Crippen molar-refractivity contribution in [1.29, 1.82) is 0 Å². The van der Waals surface area contributed by atoms with Crippen molar-refractivity contribution < 1.29 is 13.6 Å². The van der Waals surface area contributed by atoms with E-state index >= 15 is 4.39 Å². The Kier molecular flexibility index (Phi) is 4.01. The van der Waals surface area contributed by atoms with E-state index in [1.54, 1.807) is 29.4 Å². The highest BCUT2D eigenvalue weighted by Gasteiger charge is 2.28. The third kappa shape index (κ3) is 2.82. The molecule has 4 heterocycles. The number of pyridine rings is 1. The van der Waals surface area contributed by atoms with E-state index in [1.165, 1.54) is 18.4 Å². The number of carbonyl (C=O) groups excluding carboxylic acids is 1. The van der Waals surface area contributed by atoms with Gasteiger partial charge in [-0.15, -0.1) is 0 Å². The highest BCUT2D eigenvalue weighted by Crippen LogP contribution is 2.38. The largest absolute Gasteiger partial charge is 0.464 e. The van der Waals surface area contributed by atoms with Crippen molar-refractivity contribution in [3.63, 3.8) is 0 Å². The fourth-order valence-electron chi connectivity index (χ4n) is 3.81. The van der Waals surface area contributed by atoms with Crippen LogP contribution in [0.25, 0.3) is 33.4 Å². The first-order valence-electron chi connectivity index (χ1n) is 9.24. The summed E-state index contributed by atoms with van der Waals surface area (Å²) in [5.74, 6) is -0.539. The number of carbonyl (C=O) groups is 1. The molecule has 0 N–H and O–H groups in total. The molecule has 0 saturated carbocycles. The van der Waals surface area contributed by atoms with Crippen LogP contribution >= 0.6 is 0 Å². The number of hydrogen-bond donors (Lipinski definition) is 0. The third-order valence-corrected chi connectivity index (χ3v) is 5.23. The van der Waals surface area contributed by atoms with E-state index < -0.39 is 5.82 Å². The van der Waals surface area contributed by atoms with Crippen LogP contribution in [0.5, 0.6) is 0 Å². The lowest BCUT2D eigenvalue weighted by atomic mass is 9.98. The highest BCUT2D eigenvalue weighted by atomic mass is 19.1. The molecule has 29 heavy (non-hydrogen) atoms. The van der Waals surface area contributed by atoms with Gasteiger partial charge in [-0.1, -0.05) is 6.58 Å². The molecule has 1 aromatic carbocycles. The van der Waals surface area contributed by atoms with Crippen molar-refractivity contribution in [1.82, 2.24) is 19.7 Å². The normalized spacial score (nSPS) is 13.5. The molecule has 4 aromatic rings. The lowest BCUT2D eigenvalue weighted by Crippen LogP contribution is -2.37. The number of benzene rings is 1. The molecule has 7 heteroatoms. The minimum Gasteiger partial charge on any atom is -0.464 e. The summed E-state index contributed by atoms with van der Waals surface area (Å²) in [5, 5.41) is 5.53. The Hall–Kier alpha value is -3.74. The average molecular weight is 388 g/mol. The van der Waals surface area contributed by atoms with Crippen LogP contribution in [0.15, 0.2) is 66.1 Å². The molecule has 0 bridgehead atoms. The fourth-order valence-corrected chi connectivity index (χ4v) is 3.81.